The maximum atomic E-state index is 5.68. The number of guanidine groups is 1. The Kier molecular flexibility index (Phi) is 8.43. The Balaban J connectivity index is 1.45. The maximum absolute atomic E-state index is 5.68. The maximum Gasteiger partial charge on any atom is 0.191 e. The van der Waals surface area contributed by atoms with Crippen LogP contribution < -0.4 is 20.1 Å². The van der Waals surface area contributed by atoms with E-state index in [2.05, 4.69) is 39.5 Å². The first-order chi connectivity index (χ1) is 14.2. The second-order valence-electron chi connectivity index (χ2n) is 7.66. The van der Waals surface area contributed by atoms with Crippen molar-refractivity contribution in [2.75, 3.05) is 66.1 Å². The normalized spacial score (nSPS) is 23.7. The molecule has 162 valence electrons. The van der Waals surface area contributed by atoms with Crippen LogP contribution in [-0.4, -0.2) is 87.9 Å². The van der Waals surface area contributed by atoms with Gasteiger partial charge in [-0.25, -0.2) is 0 Å². The lowest BCUT2D eigenvalue weighted by atomic mass is 10.1. The van der Waals surface area contributed by atoms with E-state index in [1.54, 1.807) is 7.11 Å². The molecule has 0 amide bonds. The quantitative estimate of drug-likeness (QED) is 0.351. The lowest BCUT2D eigenvalue weighted by molar-refractivity contribution is 0.0174. The van der Waals surface area contributed by atoms with Crippen molar-refractivity contribution >= 4 is 5.96 Å². The van der Waals surface area contributed by atoms with Gasteiger partial charge in [0.05, 0.1) is 20.3 Å². The third kappa shape index (κ3) is 6.24. The molecule has 0 aliphatic carbocycles. The van der Waals surface area contributed by atoms with Crippen LogP contribution in [0.3, 0.4) is 0 Å². The first-order valence-corrected chi connectivity index (χ1v) is 11.0. The van der Waals surface area contributed by atoms with Crippen LogP contribution in [0.1, 0.15) is 25.8 Å². The molecule has 3 aliphatic rings. The highest BCUT2D eigenvalue weighted by Gasteiger charge is 2.31. The molecule has 0 aromatic heterocycles. The number of nitrogens with zero attached hydrogens (tertiary/aromatic N) is 3. The molecule has 29 heavy (non-hydrogen) atoms. The van der Waals surface area contributed by atoms with E-state index in [0.717, 1.165) is 56.5 Å². The van der Waals surface area contributed by atoms with Crippen LogP contribution in [0.2, 0.25) is 0 Å². The van der Waals surface area contributed by atoms with Gasteiger partial charge in [0.2, 0.25) is 0 Å². The van der Waals surface area contributed by atoms with E-state index in [4.69, 9.17) is 14.5 Å². The fourth-order valence-corrected chi connectivity index (χ4v) is 4.08. The van der Waals surface area contributed by atoms with Crippen molar-refractivity contribution in [3.8, 4) is 11.5 Å². The molecule has 1 unspecified atom stereocenters. The summed E-state index contributed by atoms with van der Waals surface area (Å²) in [6, 6.07) is 6.75. The number of benzene rings is 1. The van der Waals surface area contributed by atoms with Crippen molar-refractivity contribution < 1.29 is 9.47 Å². The monoisotopic (exact) mass is 403 g/mol. The third-order valence-electron chi connectivity index (χ3n) is 5.66. The van der Waals surface area contributed by atoms with Crippen LogP contribution in [0.15, 0.2) is 23.2 Å². The molecule has 2 N–H and O–H groups in total. The molecule has 3 aliphatic heterocycles. The number of rotatable bonds is 10. The van der Waals surface area contributed by atoms with Crippen LogP contribution in [0.4, 0.5) is 0 Å². The lowest BCUT2D eigenvalue weighted by Gasteiger charge is -2.47. The second kappa shape index (κ2) is 11.3. The summed E-state index contributed by atoms with van der Waals surface area (Å²) >= 11 is 0. The molecule has 2 bridgehead atoms. The summed E-state index contributed by atoms with van der Waals surface area (Å²) in [5.74, 6) is 2.54. The minimum absolute atomic E-state index is 0.559. The molecule has 7 nitrogen and oxygen atoms in total. The van der Waals surface area contributed by atoms with Crippen LogP contribution >= 0.6 is 0 Å². The molecule has 1 aromatic carbocycles. The standard InChI is InChI=1S/C22H37N5O2/c1-4-23-22(25-16-19-17-26-11-13-27(19)14-12-26)24-10-6-7-18-8-9-20(28-3)21(15-18)29-5-2/h8-9,15,19H,4-7,10-14,16-17H2,1-3H3,(H2,23,24,25). The van der Waals surface area contributed by atoms with Gasteiger partial charge >= 0.3 is 0 Å². The molecule has 0 saturated carbocycles. The van der Waals surface area contributed by atoms with Crippen molar-refractivity contribution in [3.05, 3.63) is 23.8 Å². The fraction of sp³-hybridized carbons (Fsp3) is 0.682. The summed E-state index contributed by atoms with van der Waals surface area (Å²) in [6.45, 7) is 13.3. The molecule has 1 aromatic rings. The Morgan fingerprint density at radius 2 is 1.97 bits per heavy atom. The zero-order valence-corrected chi connectivity index (χ0v) is 18.2. The van der Waals surface area contributed by atoms with Gasteiger partial charge in [-0.05, 0) is 44.4 Å². The van der Waals surface area contributed by atoms with E-state index in [9.17, 15) is 0 Å². The van der Waals surface area contributed by atoms with E-state index < -0.39 is 0 Å². The predicted molar refractivity (Wildman–Crippen MR) is 118 cm³/mol. The summed E-state index contributed by atoms with van der Waals surface area (Å²) in [6.07, 6.45) is 2.02. The Hall–Kier alpha value is -1.99. The Morgan fingerprint density at radius 3 is 2.62 bits per heavy atom. The summed E-state index contributed by atoms with van der Waals surface area (Å²) in [4.78, 5) is 10.0. The highest BCUT2D eigenvalue weighted by atomic mass is 16.5. The van der Waals surface area contributed by atoms with Gasteiger partial charge in [0.25, 0.3) is 0 Å². The Bertz CT molecular complexity index is 659. The highest BCUT2D eigenvalue weighted by Crippen LogP contribution is 2.28. The van der Waals surface area contributed by atoms with E-state index in [1.807, 2.05) is 13.0 Å². The molecule has 3 fully saturated rings. The summed E-state index contributed by atoms with van der Waals surface area (Å²) < 4.78 is 11.0. The van der Waals surface area contributed by atoms with Gasteiger partial charge < -0.3 is 20.1 Å². The third-order valence-corrected chi connectivity index (χ3v) is 5.66. The zero-order valence-electron chi connectivity index (χ0n) is 18.2. The number of hydrogen-bond acceptors (Lipinski definition) is 5. The van der Waals surface area contributed by atoms with Crippen LogP contribution in [0.25, 0.3) is 0 Å². The molecule has 1 atom stereocenters. The first kappa shape index (κ1) is 21.7. The zero-order chi connectivity index (χ0) is 20.5. The lowest BCUT2D eigenvalue weighted by Crippen LogP contribution is -2.62. The average molecular weight is 404 g/mol. The first-order valence-electron chi connectivity index (χ1n) is 11.0. The van der Waals surface area contributed by atoms with Gasteiger partial charge in [0.1, 0.15) is 0 Å². The molecule has 0 radical (unpaired) electrons. The molecule has 3 saturated heterocycles. The van der Waals surface area contributed by atoms with E-state index in [0.29, 0.717) is 12.6 Å². The van der Waals surface area contributed by atoms with Gasteiger partial charge in [-0.3, -0.25) is 14.8 Å². The SMILES string of the molecule is CCNC(=NCC1CN2CCN1CC2)NCCCc1ccc(OC)c(OCC)c1. The molecule has 0 spiro atoms. The molecular formula is C22H37N5O2. The van der Waals surface area contributed by atoms with E-state index >= 15 is 0 Å². The molecule has 4 rings (SSSR count). The van der Waals surface area contributed by atoms with E-state index in [-0.39, 0.29) is 0 Å². The smallest absolute Gasteiger partial charge is 0.191 e. The van der Waals surface area contributed by atoms with Gasteiger partial charge in [0, 0.05) is 51.9 Å². The van der Waals surface area contributed by atoms with Crippen LogP contribution in [0, 0.1) is 0 Å². The van der Waals surface area contributed by atoms with Crippen molar-refractivity contribution in [3.63, 3.8) is 0 Å². The summed E-state index contributed by atoms with van der Waals surface area (Å²) in [7, 11) is 1.68. The molecule has 7 heteroatoms. The van der Waals surface area contributed by atoms with Crippen LogP contribution in [-0.2, 0) is 6.42 Å². The second-order valence-corrected chi connectivity index (χ2v) is 7.66. The number of fused-ring (bicyclic) bond motifs is 3. The van der Waals surface area contributed by atoms with Crippen molar-refractivity contribution in [1.82, 2.24) is 20.4 Å². The van der Waals surface area contributed by atoms with Crippen molar-refractivity contribution in [2.24, 2.45) is 4.99 Å². The fourth-order valence-electron chi connectivity index (χ4n) is 4.08. The van der Waals surface area contributed by atoms with Crippen molar-refractivity contribution in [1.29, 1.82) is 0 Å². The largest absolute Gasteiger partial charge is 0.493 e. The summed E-state index contributed by atoms with van der Waals surface area (Å²) in [5.41, 5.74) is 1.26. The number of nitrogens with one attached hydrogen (secondary N) is 2. The Morgan fingerprint density at radius 1 is 1.14 bits per heavy atom. The van der Waals surface area contributed by atoms with Gasteiger partial charge in [0.15, 0.2) is 17.5 Å². The number of ether oxygens (including phenoxy) is 2. The number of aryl methyl sites for hydroxylation is 1. The number of hydrogen-bond donors (Lipinski definition) is 2. The molecular weight excluding hydrogens is 366 g/mol. The van der Waals surface area contributed by atoms with Crippen molar-refractivity contribution in [2.45, 2.75) is 32.7 Å². The number of methoxy groups -OCH3 is 1. The predicted octanol–water partition coefficient (Wildman–Crippen LogP) is 1.58. The molecule has 3 heterocycles. The van der Waals surface area contributed by atoms with Gasteiger partial charge in [-0.1, -0.05) is 6.07 Å². The highest BCUT2D eigenvalue weighted by molar-refractivity contribution is 5.79. The minimum atomic E-state index is 0.559. The van der Waals surface area contributed by atoms with Gasteiger partial charge in [-0.2, -0.15) is 0 Å². The Labute approximate surface area is 175 Å². The summed E-state index contributed by atoms with van der Waals surface area (Å²) in [5, 5.41) is 6.86. The van der Waals surface area contributed by atoms with E-state index in [1.165, 1.54) is 31.7 Å². The van der Waals surface area contributed by atoms with Gasteiger partial charge in [-0.15, -0.1) is 0 Å². The number of aliphatic imine (C=N–C) groups is 1. The van der Waals surface area contributed by atoms with Crippen LogP contribution in [0.5, 0.6) is 11.5 Å². The minimum Gasteiger partial charge on any atom is -0.493 e. The average Bonchev–Trinajstić information content (AvgIpc) is 2.76. The number of piperazine rings is 3. The topological polar surface area (TPSA) is 61.4 Å².